The summed E-state index contributed by atoms with van der Waals surface area (Å²) in [6.45, 7) is 7.52. The van der Waals surface area contributed by atoms with Crippen molar-refractivity contribution in [2.24, 2.45) is 7.05 Å². The van der Waals surface area contributed by atoms with Crippen LogP contribution in [-0.4, -0.2) is 57.2 Å². The first-order valence-electron chi connectivity index (χ1n) is 11.8. The molecule has 3 heterocycles. The van der Waals surface area contributed by atoms with Gasteiger partial charge < -0.3 is 20.3 Å². The molecule has 184 valence electrons. The molecule has 0 unspecified atom stereocenters. The van der Waals surface area contributed by atoms with Crippen molar-refractivity contribution in [3.63, 3.8) is 0 Å². The minimum absolute atomic E-state index is 0.0316. The minimum atomic E-state index is -0.582. The highest BCUT2D eigenvalue weighted by atomic mass is 16.5. The molecule has 3 aromatic rings. The Morgan fingerprint density at radius 1 is 1.11 bits per heavy atom. The zero-order valence-corrected chi connectivity index (χ0v) is 20.6. The van der Waals surface area contributed by atoms with Crippen molar-refractivity contribution in [3.8, 4) is 5.75 Å². The number of ether oxygens (including phenoxy) is 1. The average Bonchev–Trinajstić information content (AvgIpc) is 3.23. The zero-order valence-electron chi connectivity index (χ0n) is 20.6. The van der Waals surface area contributed by atoms with Crippen LogP contribution in [0.3, 0.4) is 0 Å². The number of nitrogens with zero attached hydrogens (tertiary/aromatic N) is 4. The Labute approximate surface area is 205 Å². The number of nitrogens with one attached hydrogen (secondary N) is 2. The number of hydrogen-bond donors (Lipinski definition) is 2. The van der Waals surface area contributed by atoms with Gasteiger partial charge in [-0.15, -0.1) is 0 Å². The lowest BCUT2D eigenvalue weighted by Crippen LogP contribution is -2.55. The molecule has 35 heavy (non-hydrogen) atoms. The smallest absolute Gasteiger partial charge is 0.247 e. The lowest BCUT2D eigenvalue weighted by molar-refractivity contribution is -0.137. The highest BCUT2D eigenvalue weighted by molar-refractivity contribution is 5.94. The van der Waals surface area contributed by atoms with Gasteiger partial charge >= 0.3 is 0 Å². The summed E-state index contributed by atoms with van der Waals surface area (Å²) >= 11 is 0. The van der Waals surface area contributed by atoms with Gasteiger partial charge in [0, 0.05) is 32.3 Å². The zero-order chi connectivity index (χ0) is 24.9. The first kappa shape index (κ1) is 24.4. The van der Waals surface area contributed by atoms with Gasteiger partial charge in [-0.3, -0.25) is 14.3 Å². The van der Waals surface area contributed by atoms with Crippen LogP contribution in [0, 0.1) is 6.92 Å². The molecule has 4 rings (SSSR count). The maximum Gasteiger partial charge on any atom is 0.247 e. The van der Waals surface area contributed by atoms with Crippen molar-refractivity contribution in [3.05, 3.63) is 71.7 Å². The van der Waals surface area contributed by atoms with Crippen LogP contribution in [0.2, 0.25) is 0 Å². The molecular weight excluding hydrogens is 444 g/mol. The average molecular weight is 477 g/mol. The molecule has 2 N–H and O–H groups in total. The second-order valence-electron chi connectivity index (χ2n) is 9.13. The fraction of sp³-hybridized carbons (Fsp3) is 0.385. The lowest BCUT2D eigenvalue weighted by Gasteiger charge is -2.38. The van der Waals surface area contributed by atoms with Gasteiger partial charge in [0.05, 0.1) is 25.5 Å². The Balaban J connectivity index is 1.37. The van der Waals surface area contributed by atoms with Crippen LogP contribution >= 0.6 is 0 Å². The van der Waals surface area contributed by atoms with Crippen molar-refractivity contribution in [2.75, 3.05) is 25.0 Å². The molecule has 1 aliphatic heterocycles. The van der Waals surface area contributed by atoms with Crippen LogP contribution in [0.4, 0.5) is 5.82 Å². The van der Waals surface area contributed by atoms with Crippen LogP contribution in [-0.2, 0) is 16.6 Å². The number of amides is 2. The van der Waals surface area contributed by atoms with Gasteiger partial charge in [-0.2, -0.15) is 5.10 Å². The van der Waals surface area contributed by atoms with E-state index in [1.807, 2.05) is 13.2 Å². The van der Waals surface area contributed by atoms with Gasteiger partial charge in [0.1, 0.15) is 23.7 Å². The van der Waals surface area contributed by atoms with Crippen molar-refractivity contribution >= 4 is 17.6 Å². The van der Waals surface area contributed by atoms with E-state index in [1.54, 1.807) is 41.0 Å². The van der Waals surface area contributed by atoms with E-state index in [4.69, 9.17) is 4.74 Å². The van der Waals surface area contributed by atoms with Crippen molar-refractivity contribution < 1.29 is 14.3 Å². The Bertz CT molecular complexity index is 1150. The largest absolute Gasteiger partial charge is 0.485 e. The van der Waals surface area contributed by atoms with Crippen molar-refractivity contribution in [1.82, 2.24) is 25.0 Å². The highest BCUT2D eigenvalue weighted by Crippen LogP contribution is 2.21. The summed E-state index contributed by atoms with van der Waals surface area (Å²) in [5.74, 6) is 1.09. The molecule has 2 amide bonds. The van der Waals surface area contributed by atoms with E-state index in [0.29, 0.717) is 31.2 Å². The van der Waals surface area contributed by atoms with Gasteiger partial charge in [-0.1, -0.05) is 36.8 Å². The molecule has 2 atom stereocenters. The number of hydrogen-bond acceptors (Lipinski definition) is 6. The Morgan fingerprint density at radius 3 is 2.46 bits per heavy atom. The Morgan fingerprint density at radius 2 is 1.86 bits per heavy atom. The summed E-state index contributed by atoms with van der Waals surface area (Å²) in [5.41, 5.74) is 3.21. The summed E-state index contributed by atoms with van der Waals surface area (Å²) in [6, 6.07) is 11.3. The van der Waals surface area contributed by atoms with Gasteiger partial charge in [0.15, 0.2) is 0 Å². The summed E-state index contributed by atoms with van der Waals surface area (Å²) < 4.78 is 7.51. The van der Waals surface area contributed by atoms with Crippen LogP contribution in [0.5, 0.6) is 5.75 Å². The first-order valence-corrected chi connectivity index (χ1v) is 11.8. The third kappa shape index (κ3) is 6.24. The van der Waals surface area contributed by atoms with Gasteiger partial charge in [0.25, 0.3) is 0 Å². The van der Waals surface area contributed by atoms with Crippen molar-refractivity contribution in [1.29, 1.82) is 0 Å². The first-order chi connectivity index (χ1) is 16.8. The number of anilines is 1. The molecule has 2 aromatic heterocycles. The van der Waals surface area contributed by atoms with Crippen LogP contribution < -0.4 is 15.4 Å². The third-order valence-electron chi connectivity index (χ3n) is 6.18. The maximum atomic E-state index is 13.2. The third-order valence-corrected chi connectivity index (χ3v) is 6.18. The predicted octanol–water partition coefficient (Wildman–Crippen LogP) is 2.81. The molecule has 0 aliphatic carbocycles. The second-order valence-corrected chi connectivity index (χ2v) is 9.13. The number of likely N-dealkylation sites (tertiary alicyclic amines) is 1. The summed E-state index contributed by atoms with van der Waals surface area (Å²) in [5, 5.41) is 10.5. The van der Waals surface area contributed by atoms with Crippen molar-refractivity contribution in [2.45, 2.75) is 38.8 Å². The number of carbonyl (C=O) groups excluding carboxylic acids is 2. The van der Waals surface area contributed by atoms with Gasteiger partial charge in [-0.05, 0) is 30.5 Å². The fourth-order valence-corrected chi connectivity index (χ4v) is 3.94. The number of rotatable bonds is 9. The second kappa shape index (κ2) is 10.7. The molecule has 0 bridgehead atoms. The van der Waals surface area contributed by atoms with E-state index < -0.39 is 6.04 Å². The molecular formula is C26H32N6O3. The van der Waals surface area contributed by atoms with Gasteiger partial charge in [-0.25, -0.2) is 4.98 Å². The van der Waals surface area contributed by atoms with E-state index in [0.717, 1.165) is 5.56 Å². The summed E-state index contributed by atoms with van der Waals surface area (Å²) in [7, 11) is 1.82. The fourth-order valence-electron chi connectivity index (χ4n) is 3.94. The van der Waals surface area contributed by atoms with Crippen LogP contribution in [0.1, 0.15) is 42.5 Å². The molecule has 1 saturated heterocycles. The standard InChI is InChI=1S/C26H32N6O3/c1-17-5-7-20(8-6-17)18(2)11-28-25(21-12-29-31(4)14-21)26(34)30-24-10-9-22(13-27-24)35-23-15-32(16-23)19(3)33/h5-10,12-14,18,23,25,28H,11,15-16H2,1-4H3,(H,27,30,34)/t18-,25-/m1/s1. The molecule has 1 aliphatic rings. The molecule has 0 radical (unpaired) electrons. The molecule has 9 heteroatoms. The molecule has 9 nitrogen and oxygen atoms in total. The normalized spacial score (nSPS) is 15.3. The van der Waals surface area contributed by atoms with E-state index in [1.165, 1.54) is 11.1 Å². The lowest BCUT2D eigenvalue weighted by atomic mass is 9.99. The monoisotopic (exact) mass is 476 g/mol. The molecule has 1 aromatic carbocycles. The number of pyridine rings is 1. The predicted molar refractivity (Wildman–Crippen MR) is 133 cm³/mol. The summed E-state index contributed by atoms with van der Waals surface area (Å²) in [6.07, 6.45) is 5.08. The Kier molecular flexibility index (Phi) is 7.45. The molecule has 0 saturated carbocycles. The van der Waals surface area contributed by atoms with E-state index in [2.05, 4.69) is 58.8 Å². The number of aromatic nitrogens is 3. The summed E-state index contributed by atoms with van der Waals surface area (Å²) in [4.78, 5) is 30.6. The topological polar surface area (TPSA) is 101 Å². The minimum Gasteiger partial charge on any atom is -0.485 e. The number of aryl methyl sites for hydroxylation is 2. The highest BCUT2D eigenvalue weighted by Gasteiger charge is 2.30. The number of carbonyl (C=O) groups is 2. The number of benzene rings is 1. The maximum absolute atomic E-state index is 13.2. The quantitative estimate of drug-likeness (QED) is 0.493. The van der Waals surface area contributed by atoms with Crippen LogP contribution in [0.25, 0.3) is 0 Å². The SMILES string of the molecule is CC(=O)N1CC(Oc2ccc(NC(=O)[C@H](NC[C@@H](C)c3ccc(C)cc3)c3cnn(C)c3)nc2)C1. The van der Waals surface area contributed by atoms with E-state index in [-0.39, 0.29) is 23.8 Å². The Hall–Kier alpha value is -3.72. The van der Waals surface area contributed by atoms with E-state index in [9.17, 15) is 9.59 Å². The van der Waals surface area contributed by atoms with E-state index >= 15 is 0 Å². The molecule has 1 fully saturated rings. The van der Waals surface area contributed by atoms with Gasteiger partial charge in [0.2, 0.25) is 11.8 Å². The van der Waals surface area contributed by atoms with Crippen LogP contribution in [0.15, 0.2) is 55.0 Å². The molecule has 0 spiro atoms.